The molecular weight excluding hydrogens is 326 g/mol. The molecule has 0 unspecified atom stereocenters. The van der Waals surface area contributed by atoms with Crippen LogP contribution >= 0.6 is 0 Å². The van der Waals surface area contributed by atoms with E-state index in [9.17, 15) is 0 Å². The van der Waals surface area contributed by atoms with Crippen molar-refractivity contribution in [3.63, 3.8) is 0 Å². The lowest BCUT2D eigenvalue weighted by Gasteiger charge is -2.27. The summed E-state index contributed by atoms with van der Waals surface area (Å²) in [6.45, 7) is 0. The minimum Gasteiger partial charge on any atom is -0.382 e. The van der Waals surface area contributed by atoms with Gasteiger partial charge in [0.15, 0.2) is 0 Å². The Labute approximate surface area is 162 Å². The first-order chi connectivity index (χ1) is 13.4. The van der Waals surface area contributed by atoms with Crippen LogP contribution in [0.25, 0.3) is 11.6 Å². The summed E-state index contributed by atoms with van der Waals surface area (Å²) < 4.78 is 0. The van der Waals surface area contributed by atoms with Crippen molar-refractivity contribution < 1.29 is 0 Å². The van der Waals surface area contributed by atoms with Crippen LogP contribution in [0.5, 0.6) is 0 Å². The first-order valence-corrected chi connectivity index (χ1v) is 9.74. The summed E-state index contributed by atoms with van der Waals surface area (Å²) in [4.78, 5) is 0. The number of anilines is 1. The van der Waals surface area contributed by atoms with Crippen molar-refractivity contribution in [2.75, 3.05) is 5.32 Å². The molecule has 0 aliphatic heterocycles. The first-order valence-electron chi connectivity index (χ1n) is 9.74. The summed E-state index contributed by atoms with van der Waals surface area (Å²) in [5.74, 6) is 0. The third-order valence-electron chi connectivity index (χ3n) is 5.11. The van der Waals surface area contributed by atoms with Gasteiger partial charge >= 0.3 is 0 Å². The van der Waals surface area contributed by atoms with Crippen molar-refractivity contribution in [3.8, 4) is 0 Å². The highest BCUT2D eigenvalue weighted by Gasteiger charge is 2.16. The van der Waals surface area contributed by atoms with E-state index in [1.165, 1.54) is 47.2 Å². The van der Waals surface area contributed by atoms with E-state index >= 15 is 0 Å². The molecule has 1 saturated carbocycles. The Hall–Kier alpha value is -3.06. The van der Waals surface area contributed by atoms with Gasteiger partial charge < -0.3 is 5.32 Å². The molecular formula is C26H25N. The van der Waals surface area contributed by atoms with Gasteiger partial charge in [-0.3, -0.25) is 0 Å². The number of hydrogen-bond donors (Lipinski definition) is 1. The number of allylic oxidation sites excluding steroid dienone is 2. The summed E-state index contributed by atoms with van der Waals surface area (Å²) in [5.41, 5.74) is 6.13. The van der Waals surface area contributed by atoms with Gasteiger partial charge in [0.1, 0.15) is 0 Å². The molecule has 1 fully saturated rings. The zero-order chi connectivity index (χ0) is 18.3. The predicted molar refractivity (Wildman–Crippen MR) is 117 cm³/mol. The summed E-state index contributed by atoms with van der Waals surface area (Å²) >= 11 is 0. The fraction of sp³-hybridized carbons (Fsp3) is 0.154. The second-order valence-electron chi connectivity index (χ2n) is 7.07. The maximum Gasteiger partial charge on any atom is 0.0342 e. The summed E-state index contributed by atoms with van der Waals surface area (Å²) in [7, 11) is 0. The lowest BCUT2D eigenvalue weighted by atomic mass is 9.93. The molecule has 0 bridgehead atoms. The second kappa shape index (κ2) is 8.55. The molecule has 1 aliphatic rings. The van der Waals surface area contributed by atoms with Crippen molar-refractivity contribution in [2.24, 2.45) is 0 Å². The summed E-state index contributed by atoms with van der Waals surface area (Å²) in [6.07, 6.45) is 10.5. The van der Waals surface area contributed by atoms with Crippen molar-refractivity contribution in [2.45, 2.75) is 25.3 Å². The summed E-state index contributed by atoms with van der Waals surface area (Å²) in [5, 5.41) is 3.59. The lowest BCUT2D eigenvalue weighted by molar-refractivity contribution is 0.445. The average Bonchev–Trinajstić information content (AvgIpc) is 2.70. The molecule has 0 aromatic heterocycles. The van der Waals surface area contributed by atoms with Crippen LogP contribution in [0.4, 0.5) is 5.69 Å². The van der Waals surface area contributed by atoms with Gasteiger partial charge in [-0.15, -0.1) is 0 Å². The average molecular weight is 351 g/mol. The molecule has 1 N–H and O–H groups in total. The molecule has 0 spiro atoms. The van der Waals surface area contributed by atoms with E-state index in [2.05, 4.69) is 108 Å². The molecule has 134 valence electrons. The molecule has 1 nitrogen and oxygen atoms in total. The first kappa shape index (κ1) is 17.4. The molecule has 27 heavy (non-hydrogen) atoms. The van der Waals surface area contributed by atoms with Gasteiger partial charge in [0.05, 0.1) is 0 Å². The van der Waals surface area contributed by atoms with Crippen LogP contribution in [0.2, 0.25) is 0 Å². The fourth-order valence-corrected chi connectivity index (χ4v) is 3.33. The van der Waals surface area contributed by atoms with Crippen molar-refractivity contribution in [3.05, 3.63) is 114 Å². The Kier molecular flexibility index (Phi) is 5.50. The second-order valence-corrected chi connectivity index (χ2v) is 7.07. The predicted octanol–water partition coefficient (Wildman–Crippen LogP) is 6.80. The topological polar surface area (TPSA) is 12.0 Å². The van der Waals surface area contributed by atoms with E-state index in [0.29, 0.717) is 6.04 Å². The number of nitrogens with one attached hydrogen (secondary N) is 1. The van der Waals surface area contributed by atoms with Gasteiger partial charge in [0.25, 0.3) is 0 Å². The van der Waals surface area contributed by atoms with E-state index in [-0.39, 0.29) is 0 Å². The van der Waals surface area contributed by atoms with Crippen LogP contribution in [-0.2, 0) is 0 Å². The fourth-order valence-electron chi connectivity index (χ4n) is 3.33. The molecule has 4 rings (SSSR count). The van der Waals surface area contributed by atoms with Crippen LogP contribution < -0.4 is 5.32 Å². The van der Waals surface area contributed by atoms with E-state index in [4.69, 9.17) is 0 Å². The van der Waals surface area contributed by atoms with E-state index < -0.39 is 0 Å². The van der Waals surface area contributed by atoms with Gasteiger partial charge in [-0.2, -0.15) is 0 Å². The molecule has 0 saturated heterocycles. The van der Waals surface area contributed by atoms with Crippen LogP contribution in [0.1, 0.15) is 36.0 Å². The monoisotopic (exact) mass is 351 g/mol. The Morgan fingerprint density at radius 3 is 1.85 bits per heavy atom. The smallest absolute Gasteiger partial charge is 0.0342 e. The third-order valence-corrected chi connectivity index (χ3v) is 5.11. The molecule has 1 aliphatic carbocycles. The highest BCUT2D eigenvalue weighted by atomic mass is 14.9. The Bertz CT molecular complexity index is 860. The van der Waals surface area contributed by atoms with Crippen LogP contribution in [0.15, 0.2) is 97.1 Å². The van der Waals surface area contributed by atoms with Crippen molar-refractivity contribution in [1.82, 2.24) is 0 Å². The van der Waals surface area contributed by atoms with Crippen LogP contribution in [0, 0.1) is 0 Å². The molecule has 0 radical (unpaired) electrons. The van der Waals surface area contributed by atoms with E-state index in [1.807, 2.05) is 0 Å². The molecule has 1 heteroatoms. The van der Waals surface area contributed by atoms with Crippen molar-refractivity contribution >= 4 is 17.3 Å². The quantitative estimate of drug-likeness (QED) is 0.482. The maximum absolute atomic E-state index is 3.59. The molecule has 3 aromatic carbocycles. The van der Waals surface area contributed by atoms with Gasteiger partial charge in [0.2, 0.25) is 0 Å². The number of rotatable bonds is 6. The Morgan fingerprint density at radius 1 is 0.741 bits per heavy atom. The molecule has 0 amide bonds. The van der Waals surface area contributed by atoms with Gasteiger partial charge in [-0.05, 0) is 53.7 Å². The van der Waals surface area contributed by atoms with E-state index in [0.717, 1.165) is 0 Å². The van der Waals surface area contributed by atoms with E-state index in [1.54, 1.807) is 0 Å². The maximum atomic E-state index is 3.59. The van der Waals surface area contributed by atoms with Gasteiger partial charge in [0, 0.05) is 11.7 Å². The number of benzene rings is 3. The molecule has 0 atom stereocenters. The van der Waals surface area contributed by atoms with Gasteiger partial charge in [-0.25, -0.2) is 0 Å². The van der Waals surface area contributed by atoms with Gasteiger partial charge in [-0.1, -0.05) is 91.0 Å². The number of hydrogen-bond acceptors (Lipinski definition) is 1. The molecule has 3 aromatic rings. The lowest BCUT2D eigenvalue weighted by Crippen LogP contribution is -2.26. The van der Waals surface area contributed by atoms with Crippen molar-refractivity contribution in [1.29, 1.82) is 0 Å². The largest absolute Gasteiger partial charge is 0.382 e. The SMILES string of the molecule is C(/C=C/c1ccc(NC2CCC2)cc1)=C(c1ccccc1)c1ccccc1. The Balaban J connectivity index is 1.52. The zero-order valence-corrected chi connectivity index (χ0v) is 15.5. The third kappa shape index (κ3) is 4.57. The minimum atomic E-state index is 0.675. The Morgan fingerprint density at radius 2 is 1.33 bits per heavy atom. The normalized spacial score (nSPS) is 13.9. The minimum absolute atomic E-state index is 0.675. The van der Waals surface area contributed by atoms with Crippen LogP contribution in [0.3, 0.4) is 0 Å². The van der Waals surface area contributed by atoms with Crippen LogP contribution in [-0.4, -0.2) is 6.04 Å². The summed E-state index contributed by atoms with van der Waals surface area (Å²) in [6, 6.07) is 30.5. The highest BCUT2D eigenvalue weighted by Crippen LogP contribution is 2.25. The standard InChI is InChI=1S/C26H25N/c1-3-10-22(11-4-1)26(23-12-5-2-6-13-23)16-7-9-21-17-19-25(20-18-21)27-24-14-8-15-24/h1-7,9-13,16-20,24,27H,8,14-15H2/b9-7+. The molecule has 0 heterocycles. The zero-order valence-electron chi connectivity index (χ0n) is 15.5. The highest BCUT2D eigenvalue weighted by molar-refractivity contribution is 5.81.